The van der Waals surface area contributed by atoms with Crippen molar-refractivity contribution in [3.05, 3.63) is 47.7 Å². The molecule has 0 atom stereocenters. The first-order valence-corrected chi connectivity index (χ1v) is 8.23. The third kappa shape index (κ3) is 4.58. The Morgan fingerprint density at radius 2 is 2.00 bits per heavy atom. The highest BCUT2D eigenvalue weighted by Gasteiger charge is 2.17. The minimum Gasteiger partial charge on any atom is -0.471 e. The number of ether oxygens (including phenoxy) is 1. The number of carbonyl (C=O) groups excluding carboxylic acids is 1. The molecule has 0 unspecified atom stereocenters. The van der Waals surface area contributed by atoms with E-state index in [1.165, 1.54) is 32.1 Å². The van der Waals surface area contributed by atoms with Gasteiger partial charge in [-0.3, -0.25) is 4.79 Å². The number of nitrogens with zero attached hydrogens (tertiary/aromatic N) is 1. The van der Waals surface area contributed by atoms with Gasteiger partial charge < -0.3 is 14.6 Å². The second kappa shape index (κ2) is 7.81. The Bertz CT molecular complexity index is 618. The number of aromatic nitrogens is 1. The minimum absolute atomic E-state index is 0.198. The van der Waals surface area contributed by atoms with E-state index in [1.807, 2.05) is 30.3 Å². The third-order valence-electron chi connectivity index (χ3n) is 4.22. The van der Waals surface area contributed by atoms with Crippen LogP contribution in [0.4, 0.5) is 0 Å². The molecule has 5 heteroatoms. The first-order valence-electron chi connectivity index (χ1n) is 8.23. The van der Waals surface area contributed by atoms with Crippen LogP contribution < -0.4 is 10.1 Å². The Labute approximate surface area is 136 Å². The number of amides is 1. The fraction of sp³-hybridized carbons (Fsp3) is 0.444. The van der Waals surface area contributed by atoms with E-state index < -0.39 is 0 Å². The third-order valence-corrected chi connectivity index (χ3v) is 4.22. The monoisotopic (exact) mass is 314 g/mol. The summed E-state index contributed by atoms with van der Waals surface area (Å²) in [4.78, 5) is 12.1. The van der Waals surface area contributed by atoms with Crippen molar-refractivity contribution in [2.24, 2.45) is 5.92 Å². The molecule has 0 aliphatic heterocycles. The number of carbonyl (C=O) groups is 1. The van der Waals surface area contributed by atoms with Gasteiger partial charge in [-0.05, 0) is 29.5 Å². The number of hydrogen-bond donors (Lipinski definition) is 1. The highest BCUT2D eigenvalue weighted by Crippen LogP contribution is 2.23. The topological polar surface area (TPSA) is 64.4 Å². The highest BCUT2D eigenvalue weighted by molar-refractivity contribution is 5.91. The molecule has 0 bridgehead atoms. The van der Waals surface area contributed by atoms with Gasteiger partial charge in [0.2, 0.25) is 5.76 Å². The van der Waals surface area contributed by atoms with Crippen molar-refractivity contribution in [2.45, 2.75) is 38.7 Å². The Balaban J connectivity index is 1.47. The van der Waals surface area contributed by atoms with E-state index >= 15 is 0 Å². The first-order chi connectivity index (χ1) is 11.3. The molecule has 0 radical (unpaired) electrons. The van der Waals surface area contributed by atoms with Gasteiger partial charge in [0, 0.05) is 6.54 Å². The second-order valence-corrected chi connectivity index (χ2v) is 6.02. The van der Waals surface area contributed by atoms with E-state index in [4.69, 9.17) is 9.26 Å². The van der Waals surface area contributed by atoms with Crippen molar-refractivity contribution in [3.8, 4) is 5.88 Å². The molecule has 5 nitrogen and oxygen atoms in total. The van der Waals surface area contributed by atoms with Crippen LogP contribution in [0, 0.1) is 5.92 Å². The van der Waals surface area contributed by atoms with Crippen molar-refractivity contribution in [1.29, 1.82) is 0 Å². The normalized spacial score (nSPS) is 15.3. The number of nitrogens with one attached hydrogen (secondary N) is 1. The minimum atomic E-state index is -0.224. The second-order valence-electron chi connectivity index (χ2n) is 6.02. The average molecular weight is 314 g/mol. The fourth-order valence-corrected chi connectivity index (χ4v) is 2.88. The van der Waals surface area contributed by atoms with Gasteiger partial charge in [0.1, 0.15) is 6.61 Å². The first kappa shape index (κ1) is 15.6. The molecule has 1 fully saturated rings. The van der Waals surface area contributed by atoms with Crippen molar-refractivity contribution >= 4 is 5.91 Å². The molecular weight excluding hydrogens is 292 g/mol. The molecule has 1 amide bonds. The molecule has 3 rings (SSSR count). The predicted octanol–water partition coefficient (Wildman–Crippen LogP) is 3.56. The van der Waals surface area contributed by atoms with Crippen LogP contribution in [0.2, 0.25) is 0 Å². The lowest BCUT2D eigenvalue weighted by Gasteiger charge is -2.21. The van der Waals surface area contributed by atoms with Crippen molar-refractivity contribution in [2.75, 3.05) is 6.54 Å². The summed E-state index contributed by atoms with van der Waals surface area (Å²) >= 11 is 0. The summed E-state index contributed by atoms with van der Waals surface area (Å²) in [5, 5.41) is 6.72. The maximum absolute atomic E-state index is 12.1. The maximum atomic E-state index is 12.1. The average Bonchev–Trinajstić information content (AvgIpc) is 3.09. The maximum Gasteiger partial charge on any atom is 0.290 e. The number of rotatable bonds is 6. The largest absolute Gasteiger partial charge is 0.471 e. The zero-order valence-electron chi connectivity index (χ0n) is 13.2. The molecule has 1 aromatic carbocycles. The van der Waals surface area contributed by atoms with Crippen LogP contribution in [0.5, 0.6) is 5.88 Å². The van der Waals surface area contributed by atoms with Gasteiger partial charge in [-0.25, -0.2) is 0 Å². The summed E-state index contributed by atoms with van der Waals surface area (Å²) in [5.41, 5.74) is 1.04. The van der Waals surface area contributed by atoms with Gasteiger partial charge in [0.15, 0.2) is 0 Å². The van der Waals surface area contributed by atoms with Crippen LogP contribution in [0.1, 0.15) is 48.2 Å². The van der Waals surface area contributed by atoms with Gasteiger partial charge in [-0.1, -0.05) is 49.6 Å². The summed E-state index contributed by atoms with van der Waals surface area (Å²) in [6.07, 6.45) is 6.24. The van der Waals surface area contributed by atoms with Gasteiger partial charge in [-0.2, -0.15) is 0 Å². The molecule has 0 spiro atoms. The SMILES string of the molecule is O=C(NCC1CCCCC1)c1cc(OCc2ccccc2)no1. The zero-order chi connectivity index (χ0) is 15.9. The van der Waals surface area contributed by atoms with E-state index in [0.29, 0.717) is 24.9 Å². The summed E-state index contributed by atoms with van der Waals surface area (Å²) < 4.78 is 10.6. The summed E-state index contributed by atoms with van der Waals surface area (Å²) in [6, 6.07) is 11.3. The molecule has 23 heavy (non-hydrogen) atoms. The molecule has 1 aliphatic carbocycles. The molecular formula is C18H22N2O3. The number of benzene rings is 1. The fourth-order valence-electron chi connectivity index (χ4n) is 2.88. The summed E-state index contributed by atoms with van der Waals surface area (Å²) in [6.45, 7) is 1.11. The molecule has 1 N–H and O–H groups in total. The Morgan fingerprint density at radius 1 is 1.22 bits per heavy atom. The molecule has 1 heterocycles. The molecule has 0 saturated heterocycles. The van der Waals surface area contributed by atoms with Crippen LogP contribution in [0.25, 0.3) is 0 Å². The van der Waals surface area contributed by atoms with Crippen LogP contribution in [0.3, 0.4) is 0 Å². The molecule has 1 saturated carbocycles. The molecule has 122 valence electrons. The van der Waals surface area contributed by atoms with Crippen molar-refractivity contribution in [1.82, 2.24) is 10.5 Å². The van der Waals surface area contributed by atoms with Crippen molar-refractivity contribution < 1.29 is 14.1 Å². The highest BCUT2D eigenvalue weighted by atomic mass is 16.5. The Morgan fingerprint density at radius 3 is 2.78 bits per heavy atom. The molecule has 1 aliphatic rings. The molecule has 2 aromatic rings. The van der Waals surface area contributed by atoms with E-state index in [9.17, 15) is 4.79 Å². The molecule has 1 aromatic heterocycles. The van der Waals surface area contributed by atoms with E-state index in [1.54, 1.807) is 6.07 Å². The smallest absolute Gasteiger partial charge is 0.290 e. The lowest BCUT2D eigenvalue weighted by atomic mass is 9.89. The quantitative estimate of drug-likeness (QED) is 0.885. The number of hydrogen-bond acceptors (Lipinski definition) is 4. The van der Waals surface area contributed by atoms with Crippen LogP contribution in [-0.2, 0) is 6.61 Å². The van der Waals surface area contributed by atoms with Crippen LogP contribution in [-0.4, -0.2) is 17.6 Å². The van der Waals surface area contributed by atoms with E-state index in [0.717, 1.165) is 5.56 Å². The zero-order valence-corrected chi connectivity index (χ0v) is 13.2. The lowest BCUT2D eigenvalue weighted by molar-refractivity contribution is 0.0906. The van der Waals surface area contributed by atoms with Crippen molar-refractivity contribution in [3.63, 3.8) is 0 Å². The summed E-state index contributed by atoms with van der Waals surface area (Å²) in [5.74, 6) is 0.891. The van der Waals surface area contributed by atoms with Gasteiger partial charge in [0.25, 0.3) is 11.8 Å². The van der Waals surface area contributed by atoms with Gasteiger partial charge in [-0.15, -0.1) is 0 Å². The predicted molar refractivity (Wildman–Crippen MR) is 86.2 cm³/mol. The lowest BCUT2D eigenvalue weighted by Crippen LogP contribution is -2.29. The summed E-state index contributed by atoms with van der Waals surface area (Å²) in [7, 11) is 0. The standard InChI is InChI=1S/C18H22N2O3/c21-18(19-12-14-7-3-1-4-8-14)16-11-17(20-23-16)22-13-15-9-5-2-6-10-15/h2,5-6,9-11,14H,1,3-4,7-8,12-13H2,(H,19,21). The van der Waals surface area contributed by atoms with Crippen LogP contribution in [0.15, 0.2) is 40.9 Å². The van der Waals surface area contributed by atoms with Crippen LogP contribution >= 0.6 is 0 Å². The Hall–Kier alpha value is -2.30. The van der Waals surface area contributed by atoms with Gasteiger partial charge >= 0.3 is 0 Å². The van der Waals surface area contributed by atoms with E-state index in [-0.39, 0.29) is 11.7 Å². The van der Waals surface area contributed by atoms with E-state index in [2.05, 4.69) is 10.5 Å². The van der Waals surface area contributed by atoms with Gasteiger partial charge in [0.05, 0.1) is 6.07 Å². The Kier molecular flexibility index (Phi) is 5.29.